The van der Waals surface area contributed by atoms with Gasteiger partial charge >= 0.3 is 0 Å². The summed E-state index contributed by atoms with van der Waals surface area (Å²) < 4.78 is 0. The summed E-state index contributed by atoms with van der Waals surface area (Å²) in [6.07, 6.45) is 3.82. The summed E-state index contributed by atoms with van der Waals surface area (Å²) in [5.41, 5.74) is 4.61. The lowest BCUT2D eigenvalue weighted by Crippen LogP contribution is -2.30. The topological polar surface area (TPSA) is 78.1 Å². The van der Waals surface area contributed by atoms with E-state index in [1.807, 2.05) is 74.7 Å². The van der Waals surface area contributed by atoms with Gasteiger partial charge in [-0.1, -0.05) is 30.3 Å². The Kier molecular flexibility index (Phi) is 8.26. The first-order valence-corrected chi connectivity index (χ1v) is 11.8. The van der Waals surface area contributed by atoms with E-state index in [4.69, 9.17) is 0 Å². The van der Waals surface area contributed by atoms with Crippen LogP contribution in [-0.2, 0) is 0 Å². The van der Waals surface area contributed by atoms with Gasteiger partial charge in [-0.05, 0) is 67.6 Å². The van der Waals surface area contributed by atoms with Crippen LogP contribution in [0.1, 0.15) is 50.7 Å². The average Bonchev–Trinajstić information content (AvgIpc) is 3.45. The van der Waals surface area contributed by atoms with E-state index in [0.29, 0.717) is 29.2 Å². The minimum absolute atomic E-state index is 0. The molecule has 34 heavy (non-hydrogen) atoms. The highest BCUT2D eigenvalue weighted by molar-refractivity contribution is 7.12. The van der Waals surface area contributed by atoms with Gasteiger partial charge in [0.2, 0.25) is 0 Å². The number of amides is 2. The molecule has 4 rings (SSSR count). The third kappa shape index (κ3) is 5.21. The summed E-state index contributed by atoms with van der Waals surface area (Å²) in [6.45, 7) is 7.07. The van der Waals surface area contributed by atoms with Crippen molar-refractivity contribution < 1.29 is 9.59 Å². The molecule has 0 aliphatic rings. The average molecular weight is 495 g/mol. The molecule has 0 fully saturated rings. The van der Waals surface area contributed by atoms with E-state index in [2.05, 4.69) is 15.5 Å². The third-order valence-corrected chi connectivity index (χ3v) is 6.60. The normalized spacial score (nSPS) is 10.9. The molecule has 176 valence electrons. The first-order valence-electron chi connectivity index (χ1n) is 10.9. The number of fused-ring (bicyclic) bond motifs is 1. The molecule has 8 heteroatoms. The van der Waals surface area contributed by atoms with Gasteiger partial charge in [0, 0.05) is 29.7 Å². The van der Waals surface area contributed by atoms with Crippen LogP contribution in [0.5, 0.6) is 0 Å². The van der Waals surface area contributed by atoms with Gasteiger partial charge in [-0.3, -0.25) is 14.7 Å². The van der Waals surface area contributed by atoms with Gasteiger partial charge in [0.15, 0.2) is 0 Å². The standard InChI is InChI=1S/C26H26N4O2S.ClH/c1-4-30(5-2)26(32)19-11-10-18(12-13-22-20-8-6-7-9-21(20)28-29-22)23(16-19)27-25(31)24-17(3)14-15-33-24;/h6-16H,4-5H2,1-3H3,(H,27,31)(H,28,29);1H. The van der Waals surface area contributed by atoms with Gasteiger partial charge in [0.05, 0.1) is 16.1 Å². The van der Waals surface area contributed by atoms with Crippen LogP contribution in [-0.4, -0.2) is 40.0 Å². The number of benzene rings is 2. The van der Waals surface area contributed by atoms with E-state index in [9.17, 15) is 9.59 Å². The second kappa shape index (κ2) is 11.1. The van der Waals surface area contributed by atoms with Crippen LogP contribution in [0.25, 0.3) is 23.1 Å². The molecular weight excluding hydrogens is 468 g/mol. The highest BCUT2D eigenvalue weighted by atomic mass is 35.5. The Balaban J connectivity index is 0.00000324. The van der Waals surface area contributed by atoms with Crippen molar-refractivity contribution in [3.63, 3.8) is 0 Å². The highest BCUT2D eigenvalue weighted by Crippen LogP contribution is 2.25. The van der Waals surface area contributed by atoms with Gasteiger partial charge in [0.25, 0.3) is 11.8 Å². The number of para-hydroxylation sites is 1. The van der Waals surface area contributed by atoms with Crippen molar-refractivity contribution in [3.8, 4) is 0 Å². The third-order valence-electron chi connectivity index (χ3n) is 5.59. The molecular formula is C26H27ClN4O2S. The Morgan fingerprint density at radius 1 is 1.09 bits per heavy atom. The Morgan fingerprint density at radius 2 is 1.85 bits per heavy atom. The number of hydrogen-bond acceptors (Lipinski definition) is 4. The number of hydrogen-bond donors (Lipinski definition) is 2. The smallest absolute Gasteiger partial charge is 0.266 e. The number of nitrogens with zero attached hydrogens (tertiary/aromatic N) is 2. The van der Waals surface area contributed by atoms with Gasteiger partial charge < -0.3 is 10.2 Å². The lowest BCUT2D eigenvalue weighted by atomic mass is 10.1. The lowest BCUT2D eigenvalue weighted by molar-refractivity contribution is 0.0772. The summed E-state index contributed by atoms with van der Waals surface area (Å²) in [5, 5.41) is 13.3. The van der Waals surface area contributed by atoms with Crippen LogP contribution in [0.3, 0.4) is 0 Å². The van der Waals surface area contributed by atoms with Crippen LogP contribution in [0.2, 0.25) is 0 Å². The lowest BCUT2D eigenvalue weighted by Gasteiger charge is -2.19. The number of aromatic amines is 1. The van der Waals surface area contributed by atoms with E-state index in [1.165, 1.54) is 11.3 Å². The van der Waals surface area contributed by atoms with Crippen molar-refractivity contribution in [2.45, 2.75) is 20.8 Å². The van der Waals surface area contributed by atoms with Gasteiger partial charge in [-0.25, -0.2) is 0 Å². The predicted molar refractivity (Wildman–Crippen MR) is 143 cm³/mol. The zero-order valence-electron chi connectivity index (χ0n) is 19.3. The molecule has 0 aliphatic heterocycles. The zero-order chi connectivity index (χ0) is 23.4. The number of rotatable bonds is 7. The van der Waals surface area contributed by atoms with Gasteiger partial charge in [0.1, 0.15) is 0 Å². The number of halogens is 1. The fourth-order valence-corrected chi connectivity index (χ4v) is 4.52. The molecule has 0 spiro atoms. The molecule has 0 saturated heterocycles. The van der Waals surface area contributed by atoms with Crippen molar-refractivity contribution in [3.05, 3.63) is 81.2 Å². The molecule has 2 amide bonds. The Hall–Kier alpha value is -3.42. The zero-order valence-corrected chi connectivity index (χ0v) is 20.9. The second-order valence-electron chi connectivity index (χ2n) is 7.65. The monoisotopic (exact) mass is 494 g/mol. The highest BCUT2D eigenvalue weighted by Gasteiger charge is 2.17. The van der Waals surface area contributed by atoms with Gasteiger partial charge in [-0.2, -0.15) is 5.10 Å². The summed E-state index contributed by atoms with van der Waals surface area (Å²) in [6, 6.07) is 15.2. The summed E-state index contributed by atoms with van der Waals surface area (Å²) in [5.74, 6) is -0.244. The number of carbonyl (C=O) groups is 2. The number of H-pyrrole nitrogens is 1. The molecule has 2 aromatic carbocycles. The molecule has 2 heterocycles. The SMILES string of the molecule is CCN(CC)C(=O)c1ccc(C=Cc2n[nH]c3ccccc23)c(NC(=O)c2sccc2C)c1.Cl. The fraction of sp³-hybridized carbons (Fsp3) is 0.192. The summed E-state index contributed by atoms with van der Waals surface area (Å²) in [4.78, 5) is 28.3. The Morgan fingerprint density at radius 3 is 2.56 bits per heavy atom. The molecule has 0 saturated carbocycles. The van der Waals surface area contributed by atoms with Crippen molar-refractivity contribution >= 4 is 64.3 Å². The van der Waals surface area contributed by atoms with Crippen molar-refractivity contribution in [1.82, 2.24) is 15.1 Å². The van der Waals surface area contributed by atoms with Crippen molar-refractivity contribution in [2.75, 3.05) is 18.4 Å². The largest absolute Gasteiger partial charge is 0.339 e. The van der Waals surface area contributed by atoms with E-state index in [-0.39, 0.29) is 24.2 Å². The number of aryl methyl sites for hydroxylation is 1. The van der Waals surface area contributed by atoms with Crippen molar-refractivity contribution in [1.29, 1.82) is 0 Å². The van der Waals surface area contributed by atoms with Crippen molar-refractivity contribution in [2.24, 2.45) is 0 Å². The summed E-state index contributed by atoms with van der Waals surface area (Å²) >= 11 is 1.40. The fourth-order valence-electron chi connectivity index (χ4n) is 3.70. The number of thiophene rings is 1. The van der Waals surface area contributed by atoms with E-state index in [0.717, 1.165) is 27.7 Å². The Bertz CT molecular complexity index is 1340. The Labute approximate surface area is 209 Å². The van der Waals surface area contributed by atoms with Crippen LogP contribution in [0.15, 0.2) is 53.9 Å². The molecule has 0 radical (unpaired) electrons. The molecule has 0 aliphatic carbocycles. The minimum atomic E-state index is -0.185. The quantitative estimate of drug-likeness (QED) is 0.318. The van der Waals surface area contributed by atoms with E-state index in [1.54, 1.807) is 17.0 Å². The molecule has 2 aromatic heterocycles. The second-order valence-corrected chi connectivity index (χ2v) is 8.57. The van der Waals surface area contributed by atoms with E-state index >= 15 is 0 Å². The van der Waals surface area contributed by atoms with Crippen LogP contribution in [0.4, 0.5) is 5.69 Å². The summed E-state index contributed by atoms with van der Waals surface area (Å²) in [7, 11) is 0. The maximum Gasteiger partial charge on any atom is 0.266 e. The molecule has 0 atom stereocenters. The minimum Gasteiger partial charge on any atom is -0.339 e. The maximum atomic E-state index is 12.9. The molecule has 4 aromatic rings. The van der Waals surface area contributed by atoms with Crippen LogP contribution in [0, 0.1) is 6.92 Å². The first kappa shape index (κ1) is 25.2. The number of aromatic nitrogens is 2. The van der Waals surface area contributed by atoms with Crippen LogP contribution >= 0.6 is 23.7 Å². The molecule has 2 N–H and O–H groups in total. The number of anilines is 1. The van der Waals surface area contributed by atoms with Crippen LogP contribution < -0.4 is 5.32 Å². The number of nitrogens with one attached hydrogen (secondary N) is 2. The molecule has 6 nitrogen and oxygen atoms in total. The predicted octanol–water partition coefficient (Wildman–Crippen LogP) is 6.26. The van der Waals surface area contributed by atoms with E-state index < -0.39 is 0 Å². The molecule has 0 bridgehead atoms. The maximum absolute atomic E-state index is 12.9. The molecule has 0 unspecified atom stereocenters. The number of carbonyl (C=O) groups excluding carboxylic acids is 2. The van der Waals surface area contributed by atoms with Gasteiger partial charge in [-0.15, -0.1) is 23.7 Å². The first-order chi connectivity index (χ1) is 16.0.